The number of halogens is 2. The first kappa shape index (κ1) is 29.1. The number of likely N-dealkylation sites (tertiary alicyclic amines) is 1. The third kappa shape index (κ3) is 4.85. The van der Waals surface area contributed by atoms with Crippen molar-refractivity contribution in [3.05, 3.63) is 89.2 Å². The van der Waals surface area contributed by atoms with E-state index < -0.39 is 5.82 Å². The molecule has 3 fully saturated rings. The van der Waals surface area contributed by atoms with Crippen LogP contribution in [0.15, 0.2) is 60.7 Å². The molecule has 3 saturated heterocycles. The van der Waals surface area contributed by atoms with Crippen molar-refractivity contribution in [2.24, 2.45) is 0 Å². The predicted molar refractivity (Wildman–Crippen MR) is 175 cm³/mol. The van der Waals surface area contributed by atoms with E-state index in [1.54, 1.807) is 23.1 Å². The van der Waals surface area contributed by atoms with E-state index in [0.717, 1.165) is 42.7 Å². The quantitative estimate of drug-likeness (QED) is 0.225. The number of hydrogen-bond acceptors (Lipinski definition) is 5. The van der Waals surface area contributed by atoms with E-state index in [4.69, 9.17) is 10.7 Å². The normalized spacial score (nSPS) is 23.0. The lowest BCUT2D eigenvalue weighted by Crippen LogP contribution is -2.49. The zero-order chi connectivity index (χ0) is 31.6. The van der Waals surface area contributed by atoms with Crippen molar-refractivity contribution in [2.75, 3.05) is 25.4 Å². The third-order valence-corrected chi connectivity index (χ3v) is 11.1. The zero-order valence-corrected chi connectivity index (χ0v) is 26.1. The van der Waals surface area contributed by atoms with Crippen LogP contribution in [0.1, 0.15) is 72.7 Å². The highest BCUT2D eigenvalue weighted by Gasteiger charge is 2.44. The second-order valence-electron chi connectivity index (χ2n) is 13.5. The minimum Gasteiger partial charge on any atom is -0.369 e. The van der Waals surface area contributed by atoms with Crippen LogP contribution in [0.3, 0.4) is 0 Å². The lowest BCUT2D eigenvalue weighted by atomic mass is 9.70. The van der Waals surface area contributed by atoms with Gasteiger partial charge in [-0.2, -0.15) is 0 Å². The molecule has 3 aromatic carbocycles. The van der Waals surface area contributed by atoms with Crippen molar-refractivity contribution < 1.29 is 13.6 Å². The van der Waals surface area contributed by atoms with Crippen LogP contribution >= 0.6 is 0 Å². The van der Waals surface area contributed by atoms with Crippen molar-refractivity contribution in [2.45, 2.75) is 75.4 Å². The molecule has 3 N–H and O–H groups in total. The number of aryl methyl sites for hydroxylation is 1. The number of aromatic amines is 1. The molecule has 10 heteroatoms. The number of hydrogen-bond donors (Lipinski definition) is 2. The van der Waals surface area contributed by atoms with Gasteiger partial charge < -0.3 is 20.2 Å². The average molecular weight is 624 g/mol. The van der Waals surface area contributed by atoms with Crippen molar-refractivity contribution >= 4 is 33.9 Å². The maximum atomic E-state index is 15.0. The van der Waals surface area contributed by atoms with Gasteiger partial charge in [0.2, 0.25) is 0 Å². The van der Waals surface area contributed by atoms with E-state index in [-0.39, 0.29) is 34.2 Å². The smallest absolute Gasteiger partial charge is 0.259 e. The molecule has 1 unspecified atom stereocenters. The molecular formula is C36H39F2N7O. The van der Waals surface area contributed by atoms with Gasteiger partial charge in [-0.05, 0) is 106 Å². The lowest BCUT2D eigenvalue weighted by Gasteiger charge is -2.45. The first-order valence-electron chi connectivity index (χ1n) is 16.5. The first-order chi connectivity index (χ1) is 22.3. The monoisotopic (exact) mass is 623 g/mol. The fourth-order valence-electron chi connectivity index (χ4n) is 8.86. The van der Waals surface area contributed by atoms with Crippen LogP contribution in [0, 0.1) is 18.6 Å². The molecule has 238 valence electrons. The number of imidazole rings is 2. The molecule has 2 aromatic heterocycles. The van der Waals surface area contributed by atoms with Crippen LogP contribution in [0.2, 0.25) is 0 Å². The number of nitrogens with two attached hydrogens (primary N) is 1. The van der Waals surface area contributed by atoms with Crippen LogP contribution in [0.25, 0.3) is 22.1 Å². The number of H-pyrrole nitrogens is 1. The van der Waals surface area contributed by atoms with Gasteiger partial charge in [0.1, 0.15) is 28.5 Å². The van der Waals surface area contributed by atoms with Crippen LogP contribution in [-0.4, -0.2) is 66.9 Å². The van der Waals surface area contributed by atoms with Crippen LogP contribution in [0.4, 0.5) is 14.7 Å². The fourth-order valence-corrected chi connectivity index (χ4v) is 8.86. The summed E-state index contributed by atoms with van der Waals surface area (Å²) in [6, 6.07) is 19.7. The topological polar surface area (TPSA) is 96.1 Å². The van der Waals surface area contributed by atoms with Crippen LogP contribution in [-0.2, 0) is 5.41 Å². The first-order valence-corrected chi connectivity index (χ1v) is 16.5. The number of nitrogens with zero attached hydrogens (tertiary/aromatic N) is 5. The van der Waals surface area contributed by atoms with Gasteiger partial charge in [-0.1, -0.05) is 24.3 Å². The molecule has 5 heterocycles. The highest BCUT2D eigenvalue weighted by Crippen LogP contribution is 2.45. The average Bonchev–Trinajstić information content (AvgIpc) is 3.67. The highest BCUT2D eigenvalue weighted by atomic mass is 19.1. The Bertz CT molecular complexity index is 1930. The molecule has 8 nitrogen and oxygen atoms in total. The summed E-state index contributed by atoms with van der Waals surface area (Å²) in [6.45, 7) is 3.95. The van der Waals surface area contributed by atoms with E-state index >= 15 is 4.39 Å². The molecule has 3 aliphatic rings. The summed E-state index contributed by atoms with van der Waals surface area (Å²) >= 11 is 0. The number of para-hydroxylation sites is 2. The van der Waals surface area contributed by atoms with Gasteiger partial charge >= 0.3 is 0 Å². The molecule has 1 amide bonds. The van der Waals surface area contributed by atoms with E-state index in [2.05, 4.69) is 44.6 Å². The predicted octanol–water partition coefficient (Wildman–Crippen LogP) is 6.51. The Morgan fingerprint density at radius 2 is 1.74 bits per heavy atom. The summed E-state index contributed by atoms with van der Waals surface area (Å²) in [6.07, 6.45) is 6.81. The van der Waals surface area contributed by atoms with Gasteiger partial charge in [0.05, 0.1) is 16.6 Å². The Hall–Kier alpha value is -4.31. The molecule has 5 aromatic rings. The second kappa shape index (κ2) is 11.2. The molecular weight excluding hydrogens is 584 g/mol. The van der Waals surface area contributed by atoms with Gasteiger partial charge in [0, 0.05) is 31.2 Å². The van der Waals surface area contributed by atoms with E-state index in [1.807, 2.05) is 12.1 Å². The SMILES string of the molecule is Cc1nc2ccccc2n1C1C[C@H]2CC[C@@H](C1)N2CCC1(c2cccc(F)c2)CCN(C(=O)c2c(F)ccc3[nH]c(N)nc23)CC1. The summed E-state index contributed by atoms with van der Waals surface area (Å²) in [5.74, 6) is -0.0140. The number of carbonyl (C=O) groups excluding carboxylic acids is 1. The largest absolute Gasteiger partial charge is 0.369 e. The summed E-state index contributed by atoms with van der Waals surface area (Å²) < 4.78 is 32.1. The highest BCUT2D eigenvalue weighted by molar-refractivity contribution is 6.05. The number of fused-ring (bicyclic) bond motifs is 4. The number of benzene rings is 3. The molecule has 0 radical (unpaired) electrons. The maximum Gasteiger partial charge on any atom is 0.259 e. The Labute approximate surface area is 266 Å². The standard InChI is InChI=1S/C36H39F2N7O/c1-22-40-29-7-2-3-8-31(29)45(22)27-20-25-9-10-26(21-27)44(25)18-15-36(23-5-4-6-24(37)19-23)13-16-43(17-14-36)34(46)32-28(38)11-12-30-33(32)42-35(39)41-30/h2-8,11-12,19,25-27H,9-10,13-18,20-21H2,1H3,(H3,39,41,42)/t25-,26+,27?. The van der Waals surface area contributed by atoms with Gasteiger partial charge in [-0.3, -0.25) is 9.69 Å². The molecule has 46 heavy (non-hydrogen) atoms. The van der Waals surface area contributed by atoms with Crippen molar-refractivity contribution in [3.63, 3.8) is 0 Å². The summed E-state index contributed by atoms with van der Waals surface area (Å²) in [5, 5.41) is 0. The molecule has 3 aliphatic heterocycles. The van der Waals surface area contributed by atoms with Gasteiger partial charge in [0.15, 0.2) is 5.95 Å². The van der Waals surface area contributed by atoms with Crippen molar-refractivity contribution in [1.29, 1.82) is 0 Å². The lowest BCUT2D eigenvalue weighted by molar-refractivity contribution is 0.0604. The Kier molecular flexibility index (Phi) is 7.08. The maximum absolute atomic E-state index is 15.0. The minimum absolute atomic E-state index is 0.0518. The van der Waals surface area contributed by atoms with Gasteiger partial charge in [0.25, 0.3) is 5.91 Å². The second-order valence-corrected chi connectivity index (χ2v) is 13.5. The fraction of sp³-hybridized carbons (Fsp3) is 0.417. The van der Waals surface area contributed by atoms with E-state index in [0.29, 0.717) is 49.6 Å². The summed E-state index contributed by atoms with van der Waals surface area (Å²) in [4.78, 5) is 30.1. The number of nitrogens with one attached hydrogen (secondary N) is 1. The van der Waals surface area contributed by atoms with Crippen LogP contribution in [0.5, 0.6) is 0 Å². The number of amides is 1. The Morgan fingerprint density at radius 3 is 2.50 bits per heavy atom. The molecule has 0 spiro atoms. The van der Waals surface area contributed by atoms with E-state index in [1.165, 1.54) is 30.5 Å². The molecule has 2 bridgehead atoms. The minimum atomic E-state index is -0.608. The number of piperidine rings is 2. The van der Waals surface area contributed by atoms with E-state index in [9.17, 15) is 9.18 Å². The number of aromatic nitrogens is 4. The van der Waals surface area contributed by atoms with Crippen LogP contribution < -0.4 is 5.73 Å². The molecule has 8 rings (SSSR count). The number of carbonyl (C=O) groups is 1. The molecule has 0 aliphatic carbocycles. The van der Waals surface area contributed by atoms with Gasteiger partial charge in [-0.25, -0.2) is 18.7 Å². The number of rotatable bonds is 6. The summed E-state index contributed by atoms with van der Waals surface area (Å²) in [7, 11) is 0. The number of anilines is 1. The zero-order valence-electron chi connectivity index (χ0n) is 26.1. The molecule has 3 atom stereocenters. The Morgan fingerprint density at radius 1 is 0.978 bits per heavy atom. The van der Waals surface area contributed by atoms with Crippen molar-refractivity contribution in [3.8, 4) is 0 Å². The molecule has 0 saturated carbocycles. The Balaban J connectivity index is 1.01. The van der Waals surface area contributed by atoms with Gasteiger partial charge in [-0.15, -0.1) is 0 Å². The number of nitrogen functional groups attached to an aromatic ring is 1. The summed E-state index contributed by atoms with van der Waals surface area (Å²) in [5.41, 5.74) is 9.53. The third-order valence-electron chi connectivity index (χ3n) is 11.1. The van der Waals surface area contributed by atoms with Crippen molar-refractivity contribution in [1.82, 2.24) is 29.3 Å².